The lowest BCUT2D eigenvalue weighted by Crippen LogP contribution is -2.42. The monoisotopic (exact) mass is 302 g/mol. The van der Waals surface area contributed by atoms with E-state index in [2.05, 4.69) is 15.5 Å². The molecule has 0 saturated heterocycles. The van der Waals surface area contributed by atoms with Crippen LogP contribution in [0, 0.1) is 11.7 Å². The zero-order valence-electron chi connectivity index (χ0n) is 12.7. The first-order valence-electron chi connectivity index (χ1n) is 7.53. The second kappa shape index (κ2) is 5.87. The Kier molecular flexibility index (Phi) is 3.92. The molecule has 0 aliphatic carbocycles. The van der Waals surface area contributed by atoms with Crippen molar-refractivity contribution in [2.75, 3.05) is 0 Å². The number of carbonyl (C=O) groups is 1. The van der Waals surface area contributed by atoms with Gasteiger partial charge in [-0.1, -0.05) is 13.8 Å². The van der Waals surface area contributed by atoms with E-state index in [1.165, 1.54) is 12.1 Å². The number of amides is 1. The highest BCUT2D eigenvalue weighted by Gasteiger charge is 2.25. The summed E-state index contributed by atoms with van der Waals surface area (Å²) in [5.41, 5.74) is 0.830. The largest absolute Gasteiger partial charge is 0.351 e. The average molecular weight is 302 g/mol. The maximum absolute atomic E-state index is 13.1. The van der Waals surface area contributed by atoms with Crippen LogP contribution in [-0.2, 0) is 17.8 Å². The van der Waals surface area contributed by atoms with Gasteiger partial charge in [0.25, 0.3) is 0 Å². The molecule has 1 aromatic carbocycles. The molecule has 1 atom stereocenters. The van der Waals surface area contributed by atoms with E-state index >= 15 is 0 Å². The number of halogens is 1. The molecular weight excluding hydrogens is 283 g/mol. The molecule has 6 heteroatoms. The molecule has 3 rings (SSSR count). The highest BCUT2D eigenvalue weighted by atomic mass is 19.1. The normalized spacial score (nSPS) is 17.4. The number of fused-ring (bicyclic) bond motifs is 1. The zero-order chi connectivity index (χ0) is 15.7. The highest BCUT2D eigenvalue weighted by Crippen LogP contribution is 2.23. The van der Waals surface area contributed by atoms with Gasteiger partial charge in [-0.3, -0.25) is 4.79 Å². The molecule has 1 aliphatic heterocycles. The fourth-order valence-electron chi connectivity index (χ4n) is 2.63. The number of aromatic nitrogens is 3. The molecule has 1 aliphatic rings. The Morgan fingerprint density at radius 3 is 2.73 bits per heavy atom. The number of hydrogen-bond acceptors (Lipinski definition) is 3. The fourth-order valence-corrected chi connectivity index (χ4v) is 2.63. The molecule has 0 bridgehead atoms. The standard InChI is InChI=1S/C16H19FN4O/c1-10(2)16(22)18-13-7-8-14-19-20-15(21(14)9-13)11-3-5-12(17)6-4-11/h3-6,10,13H,7-9H2,1-2H3,(H,18,22). The smallest absolute Gasteiger partial charge is 0.222 e. The molecule has 1 aromatic heterocycles. The number of rotatable bonds is 3. The van der Waals surface area contributed by atoms with E-state index in [1.807, 2.05) is 18.4 Å². The van der Waals surface area contributed by atoms with E-state index in [0.717, 1.165) is 30.1 Å². The van der Waals surface area contributed by atoms with E-state index in [1.54, 1.807) is 12.1 Å². The molecule has 1 unspecified atom stereocenters. The minimum absolute atomic E-state index is 0.0288. The van der Waals surface area contributed by atoms with Crippen molar-refractivity contribution in [3.8, 4) is 11.4 Å². The molecule has 2 aromatic rings. The summed E-state index contributed by atoms with van der Waals surface area (Å²) in [7, 11) is 0. The van der Waals surface area contributed by atoms with Crippen molar-refractivity contribution in [3.63, 3.8) is 0 Å². The van der Waals surface area contributed by atoms with Crippen molar-refractivity contribution >= 4 is 5.91 Å². The van der Waals surface area contributed by atoms with Gasteiger partial charge in [0.05, 0.1) is 0 Å². The number of nitrogens with zero attached hydrogens (tertiary/aromatic N) is 3. The predicted molar refractivity (Wildman–Crippen MR) is 80.5 cm³/mol. The molecule has 1 amide bonds. The lowest BCUT2D eigenvalue weighted by Gasteiger charge is -2.26. The SMILES string of the molecule is CC(C)C(=O)NC1CCc2nnc(-c3ccc(F)cc3)n2C1. The quantitative estimate of drug-likeness (QED) is 0.945. The van der Waals surface area contributed by atoms with Gasteiger partial charge in [0.1, 0.15) is 11.6 Å². The van der Waals surface area contributed by atoms with Gasteiger partial charge in [-0.05, 0) is 30.7 Å². The summed E-state index contributed by atoms with van der Waals surface area (Å²) in [6, 6.07) is 6.30. The number of benzene rings is 1. The second-order valence-electron chi connectivity index (χ2n) is 5.96. The van der Waals surface area contributed by atoms with Crippen LogP contribution in [0.1, 0.15) is 26.1 Å². The molecule has 5 nitrogen and oxygen atoms in total. The maximum Gasteiger partial charge on any atom is 0.222 e. The third-order valence-corrected chi connectivity index (χ3v) is 3.92. The first-order chi connectivity index (χ1) is 10.5. The van der Waals surface area contributed by atoms with Gasteiger partial charge in [-0.25, -0.2) is 4.39 Å². The van der Waals surface area contributed by atoms with Crippen molar-refractivity contribution in [3.05, 3.63) is 35.9 Å². The van der Waals surface area contributed by atoms with E-state index in [0.29, 0.717) is 6.54 Å². The second-order valence-corrected chi connectivity index (χ2v) is 5.96. The van der Waals surface area contributed by atoms with E-state index < -0.39 is 0 Å². The van der Waals surface area contributed by atoms with Gasteiger partial charge in [0.15, 0.2) is 5.82 Å². The van der Waals surface area contributed by atoms with Gasteiger partial charge in [-0.15, -0.1) is 10.2 Å². The summed E-state index contributed by atoms with van der Waals surface area (Å²) in [6.45, 7) is 4.41. The Balaban J connectivity index is 1.82. The van der Waals surface area contributed by atoms with Crippen molar-refractivity contribution in [1.82, 2.24) is 20.1 Å². The number of carbonyl (C=O) groups excluding carboxylic acids is 1. The molecule has 0 radical (unpaired) electrons. The van der Waals surface area contributed by atoms with Crippen LogP contribution in [0.3, 0.4) is 0 Å². The number of hydrogen-bond donors (Lipinski definition) is 1. The van der Waals surface area contributed by atoms with Crippen LogP contribution in [0.2, 0.25) is 0 Å². The van der Waals surface area contributed by atoms with E-state index in [-0.39, 0.29) is 23.7 Å². The van der Waals surface area contributed by atoms with Gasteiger partial charge < -0.3 is 9.88 Å². The molecule has 0 fully saturated rings. The Labute approximate surface area is 128 Å². The van der Waals surface area contributed by atoms with Crippen LogP contribution >= 0.6 is 0 Å². The maximum atomic E-state index is 13.1. The summed E-state index contributed by atoms with van der Waals surface area (Å²) in [5.74, 6) is 1.39. The molecular formula is C16H19FN4O. The molecule has 0 spiro atoms. The number of aryl methyl sites for hydroxylation is 1. The minimum Gasteiger partial charge on any atom is -0.351 e. The van der Waals surface area contributed by atoms with Crippen LogP contribution in [0.25, 0.3) is 11.4 Å². The van der Waals surface area contributed by atoms with Crippen LogP contribution in [0.4, 0.5) is 4.39 Å². The third kappa shape index (κ3) is 2.86. The van der Waals surface area contributed by atoms with Gasteiger partial charge in [0.2, 0.25) is 5.91 Å². The highest BCUT2D eigenvalue weighted by molar-refractivity contribution is 5.78. The molecule has 0 saturated carbocycles. The van der Waals surface area contributed by atoms with Gasteiger partial charge >= 0.3 is 0 Å². The molecule has 116 valence electrons. The summed E-state index contributed by atoms with van der Waals surface area (Å²) in [6.07, 6.45) is 1.64. The van der Waals surface area contributed by atoms with E-state index in [9.17, 15) is 9.18 Å². The van der Waals surface area contributed by atoms with Crippen LogP contribution < -0.4 is 5.32 Å². The topological polar surface area (TPSA) is 59.8 Å². The lowest BCUT2D eigenvalue weighted by molar-refractivity contribution is -0.124. The van der Waals surface area contributed by atoms with Crippen LogP contribution in [0.15, 0.2) is 24.3 Å². The Hall–Kier alpha value is -2.24. The average Bonchev–Trinajstić information content (AvgIpc) is 2.91. The Bertz CT molecular complexity index is 678. The van der Waals surface area contributed by atoms with Crippen molar-refractivity contribution in [1.29, 1.82) is 0 Å². The van der Waals surface area contributed by atoms with Crippen molar-refractivity contribution in [2.45, 2.75) is 39.3 Å². The predicted octanol–water partition coefficient (Wildman–Crippen LogP) is 2.17. The van der Waals surface area contributed by atoms with Crippen LogP contribution in [-0.4, -0.2) is 26.7 Å². The summed E-state index contributed by atoms with van der Waals surface area (Å²) in [4.78, 5) is 11.9. The van der Waals surface area contributed by atoms with Crippen molar-refractivity contribution < 1.29 is 9.18 Å². The van der Waals surface area contributed by atoms with Gasteiger partial charge in [-0.2, -0.15) is 0 Å². The minimum atomic E-state index is -0.274. The third-order valence-electron chi connectivity index (χ3n) is 3.92. The Morgan fingerprint density at radius 1 is 1.32 bits per heavy atom. The summed E-state index contributed by atoms with van der Waals surface area (Å²) in [5, 5.41) is 11.5. The summed E-state index contributed by atoms with van der Waals surface area (Å²) < 4.78 is 15.1. The number of nitrogens with one attached hydrogen (secondary N) is 1. The molecule has 1 N–H and O–H groups in total. The van der Waals surface area contributed by atoms with Gasteiger partial charge in [0, 0.05) is 30.5 Å². The molecule has 22 heavy (non-hydrogen) atoms. The van der Waals surface area contributed by atoms with Crippen LogP contribution in [0.5, 0.6) is 0 Å². The fraction of sp³-hybridized carbons (Fsp3) is 0.438. The lowest BCUT2D eigenvalue weighted by atomic mass is 10.1. The Morgan fingerprint density at radius 2 is 2.05 bits per heavy atom. The van der Waals surface area contributed by atoms with E-state index in [4.69, 9.17) is 0 Å². The van der Waals surface area contributed by atoms with Crippen molar-refractivity contribution in [2.24, 2.45) is 5.92 Å². The summed E-state index contributed by atoms with van der Waals surface area (Å²) >= 11 is 0. The first-order valence-corrected chi connectivity index (χ1v) is 7.53. The first kappa shape index (κ1) is 14.7. The zero-order valence-corrected chi connectivity index (χ0v) is 12.7. The molecule has 2 heterocycles.